The van der Waals surface area contributed by atoms with Gasteiger partial charge in [-0.05, 0) is 25.6 Å². The lowest BCUT2D eigenvalue weighted by Crippen LogP contribution is -2.48. The van der Waals surface area contributed by atoms with E-state index in [1.54, 1.807) is 0 Å². The molecule has 1 aromatic carbocycles. The molecule has 0 N–H and O–H groups in total. The zero-order chi connectivity index (χ0) is 10.4. The van der Waals surface area contributed by atoms with E-state index in [1.165, 1.54) is 0 Å². The fraction of sp³-hybridized carbons (Fsp3) is 0.417. The maximum Gasteiger partial charge on any atom is 0.244 e. The number of benzene rings is 1. The third kappa shape index (κ3) is 1.20. The predicted molar refractivity (Wildman–Crippen MR) is 58.8 cm³/mol. The van der Waals surface area contributed by atoms with Gasteiger partial charge in [0.25, 0.3) is 0 Å². The first kappa shape index (κ1) is 8.92. The van der Waals surface area contributed by atoms with Crippen molar-refractivity contribution in [3.05, 3.63) is 30.3 Å². The lowest BCUT2D eigenvalue weighted by atomic mass is 10.2. The summed E-state index contributed by atoms with van der Waals surface area (Å²) in [5.41, 5.74) is 1.04. The molecule has 2 saturated heterocycles. The van der Waals surface area contributed by atoms with E-state index in [4.69, 9.17) is 0 Å². The van der Waals surface area contributed by atoms with Gasteiger partial charge >= 0.3 is 0 Å². The Labute approximate surface area is 89.3 Å². The van der Waals surface area contributed by atoms with Crippen LogP contribution in [0.25, 0.3) is 0 Å². The number of carbonyl (C=O) groups is 1. The summed E-state index contributed by atoms with van der Waals surface area (Å²) in [7, 11) is 2.03. The molecule has 1 aromatic rings. The number of hydrogen-bond donors (Lipinski definition) is 0. The van der Waals surface area contributed by atoms with Crippen LogP contribution in [-0.2, 0) is 4.79 Å². The van der Waals surface area contributed by atoms with Crippen LogP contribution < -0.4 is 4.90 Å². The third-order valence-electron chi connectivity index (χ3n) is 3.45. The molecule has 2 aliphatic rings. The Morgan fingerprint density at radius 3 is 2.60 bits per heavy atom. The van der Waals surface area contributed by atoms with Gasteiger partial charge in [-0.3, -0.25) is 9.69 Å². The van der Waals surface area contributed by atoms with Crippen LogP contribution in [0.1, 0.15) is 6.42 Å². The fourth-order valence-corrected chi connectivity index (χ4v) is 2.72. The number of hydrogen-bond acceptors (Lipinski definition) is 2. The minimum Gasteiger partial charge on any atom is -0.307 e. The molecule has 0 radical (unpaired) electrons. The lowest BCUT2D eigenvalue weighted by Gasteiger charge is -2.31. The van der Waals surface area contributed by atoms with Crippen molar-refractivity contribution in [2.75, 3.05) is 18.5 Å². The van der Waals surface area contributed by atoms with Crippen molar-refractivity contribution in [3.63, 3.8) is 0 Å². The van der Waals surface area contributed by atoms with Gasteiger partial charge in [-0.25, -0.2) is 0 Å². The van der Waals surface area contributed by atoms with Crippen LogP contribution in [0.2, 0.25) is 0 Å². The van der Waals surface area contributed by atoms with Gasteiger partial charge in [-0.1, -0.05) is 18.2 Å². The first-order chi connectivity index (χ1) is 7.27. The van der Waals surface area contributed by atoms with Gasteiger partial charge in [-0.15, -0.1) is 0 Å². The van der Waals surface area contributed by atoms with E-state index >= 15 is 0 Å². The maximum atomic E-state index is 12.1. The van der Waals surface area contributed by atoms with E-state index in [9.17, 15) is 4.79 Å². The van der Waals surface area contributed by atoms with Gasteiger partial charge in [0, 0.05) is 12.2 Å². The monoisotopic (exact) mass is 202 g/mol. The molecule has 3 nitrogen and oxygen atoms in total. The third-order valence-corrected chi connectivity index (χ3v) is 3.45. The topological polar surface area (TPSA) is 23.6 Å². The van der Waals surface area contributed by atoms with Gasteiger partial charge in [-0.2, -0.15) is 0 Å². The SMILES string of the molecule is CN1CC2CC1C(=O)N2c1ccccc1. The van der Waals surface area contributed by atoms with Crippen LogP contribution in [0.5, 0.6) is 0 Å². The number of carbonyl (C=O) groups excluding carboxylic acids is 1. The van der Waals surface area contributed by atoms with Crippen LogP contribution in [0.3, 0.4) is 0 Å². The van der Waals surface area contributed by atoms with Gasteiger partial charge in [0.05, 0.1) is 12.1 Å². The molecule has 2 heterocycles. The van der Waals surface area contributed by atoms with Gasteiger partial charge < -0.3 is 4.90 Å². The van der Waals surface area contributed by atoms with E-state index in [2.05, 4.69) is 4.90 Å². The molecular weight excluding hydrogens is 188 g/mol. The number of para-hydroxylation sites is 1. The number of nitrogens with zero attached hydrogens (tertiary/aromatic N) is 2. The number of anilines is 1. The smallest absolute Gasteiger partial charge is 0.244 e. The van der Waals surface area contributed by atoms with Crippen molar-refractivity contribution in [2.24, 2.45) is 0 Å². The molecule has 2 atom stereocenters. The fourth-order valence-electron chi connectivity index (χ4n) is 2.72. The Bertz CT molecular complexity index is 390. The summed E-state index contributed by atoms with van der Waals surface area (Å²) in [6, 6.07) is 10.5. The molecule has 2 aliphatic heterocycles. The zero-order valence-electron chi connectivity index (χ0n) is 8.76. The van der Waals surface area contributed by atoms with Crippen molar-refractivity contribution >= 4 is 11.6 Å². The summed E-state index contributed by atoms with van der Waals surface area (Å²) < 4.78 is 0. The summed E-state index contributed by atoms with van der Waals surface area (Å²) in [4.78, 5) is 16.2. The number of likely N-dealkylation sites (tertiary alicyclic amines) is 1. The molecule has 0 aromatic heterocycles. The van der Waals surface area contributed by atoms with E-state index in [1.807, 2.05) is 42.3 Å². The number of amides is 1. The van der Waals surface area contributed by atoms with Crippen molar-refractivity contribution in [1.82, 2.24) is 4.90 Å². The first-order valence-corrected chi connectivity index (χ1v) is 5.36. The summed E-state index contributed by atoms with van der Waals surface area (Å²) in [5, 5.41) is 0. The molecule has 2 bridgehead atoms. The number of fused-ring (bicyclic) bond motifs is 2. The minimum absolute atomic E-state index is 0.121. The second-order valence-electron chi connectivity index (χ2n) is 4.39. The van der Waals surface area contributed by atoms with E-state index in [-0.39, 0.29) is 11.9 Å². The molecule has 3 heteroatoms. The lowest BCUT2D eigenvalue weighted by molar-refractivity contribution is -0.122. The summed E-state index contributed by atoms with van der Waals surface area (Å²) >= 11 is 0. The second-order valence-corrected chi connectivity index (χ2v) is 4.39. The normalized spacial score (nSPS) is 30.2. The molecule has 3 rings (SSSR count). The predicted octanol–water partition coefficient (Wildman–Crippen LogP) is 1.11. The Kier molecular flexibility index (Phi) is 1.83. The maximum absolute atomic E-state index is 12.1. The van der Waals surface area contributed by atoms with Crippen LogP contribution >= 0.6 is 0 Å². The highest BCUT2D eigenvalue weighted by Crippen LogP contribution is 2.34. The highest BCUT2D eigenvalue weighted by molar-refractivity contribution is 6.01. The zero-order valence-corrected chi connectivity index (χ0v) is 8.76. The van der Waals surface area contributed by atoms with Gasteiger partial charge in [0.1, 0.15) is 0 Å². The summed E-state index contributed by atoms with van der Waals surface area (Å²) in [6.07, 6.45) is 0.990. The van der Waals surface area contributed by atoms with Gasteiger partial charge in [0.2, 0.25) is 5.91 Å². The molecule has 0 spiro atoms. The molecule has 0 aliphatic carbocycles. The number of rotatable bonds is 1. The average molecular weight is 202 g/mol. The highest BCUT2D eigenvalue weighted by Gasteiger charge is 2.48. The number of piperazine rings is 1. The Hall–Kier alpha value is -1.35. The number of likely N-dealkylation sites (N-methyl/N-ethyl adjacent to an activating group) is 1. The van der Waals surface area contributed by atoms with E-state index in [0.717, 1.165) is 18.7 Å². The molecule has 2 fully saturated rings. The molecule has 0 saturated carbocycles. The molecular formula is C12H14N2O. The Morgan fingerprint density at radius 2 is 2.00 bits per heavy atom. The summed E-state index contributed by atoms with van der Waals surface area (Å²) in [5.74, 6) is 0.264. The van der Waals surface area contributed by atoms with Crippen LogP contribution in [0.4, 0.5) is 5.69 Å². The van der Waals surface area contributed by atoms with Crippen LogP contribution in [0.15, 0.2) is 30.3 Å². The summed E-state index contributed by atoms with van der Waals surface area (Å²) in [6.45, 7) is 1.01. The standard InChI is InChI=1S/C12H14N2O/c1-13-8-10-7-11(13)12(15)14(10)9-5-3-2-4-6-9/h2-6,10-11H,7-8H2,1H3. The minimum atomic E-state index is 0.121. The average Bonchev–Trinajstić information content (AvgIpc) is 2.75. The highest BCUT2D eigenvalue weighted by atomic mass is 16.2. The quantitative estimate of drug-likeness (QED) is 0.681. The first-order valence-electron chi connectivity index (χ1n) is 5.36. The van der Waals surface area contributed by atoms with Crippen molar-refractivity contribution in [1.29, 1.82) is 0 Å². The van der Waals surface area contributed by atoms with Crippen LogP contribution in [-0.4, -0.2) is 36.5 Å². The molecule has 2 unspecified atom stereocenters. The van der Waals surface area contributed by atoms with Crippen molar-refractivity contribution < 1.29 is 4.79 Å². The van der Waals surface area contributed by atoms with Crippen molar-refractivity contribution in [3.8, 4) is 0 Å². The Morgan fingerprint density at radius 1 is 1.27 bits per heavy atom. The van der Waals surface area contributed by atoms with E-state index in [0.29, 0.717) is 6.04 Å². The molecule has 15 heavy (non-hydrogen) atoms. The molecule has 1 amide bonds. The van der Waals surface area contributed by atoms with Crippen molar-refractivity contribution in [2.45, 2.75) is 18.5 Å². The largest absolute Gasteiger partial charge is 0.307 e. The van der Waals surface area contributed by atoms with E-state index < -0.39 is 0 Å². The second kappa shape index (κ2) is 3.07. The Balaban J connectivity index is 1.94. The van der Waals surface area contributed by atoms with Gasteiger partial charge in [0.15, 0.2) is 0 Å². The van der Waals surface area contributed by atoms with Crippen LogP contribution in [0, 0.1) is 0 Å². The molecule has 78 valence electrons.